The van der Waals surface area contributed by atoms with Crippen LogP contribution >= 0.6 is 11.8 Å². The van der Waals surface area contributed by atoms with E-state index in [2.05, 4.69) is 24.5 Å². The normalized spacial score (nSPS) is 24.9. The van der Waals surface area contributed by atoms with Gasteiger partial charge in [0.2, 0.25) is 5.91 Å². The smallest absolute Gasteiger partial charge is 0.315 e. The van der Waals surface area contributed by atoms with E-state index in [-0.39, 0.29) is 18.0 Å². The Balaban J connectivity index is 0.000000294. The van der Waals surface area contributed by atoms with E-state index in [1.807, 2.05) is 11.8 Å². The number of hydrogen-bond donors (Lipinski definition) is 4. The molecule has 0 saturated carbocycles. The van der Waals surface area contributed by atoms with Crippen molar-refractivity contribution in [2.24, 2.45) is 11.7 Å². The number of unbranched alkanes of at least 4 members (excludes halogenated alkanes) is 3. The molecule has 7 heteroatoms. The van der Waals surface area contributed by atoms with E-state index < -0.39 is 0 Å². The lowest BCUT2D eigenvalue weighted by Crippen LogP contribution is -2.36. The molecule has 6 nitrogen and oxygen atoms in total. The summed E-state index contributed by atoms with van der Waals surface area (Å²) in [6.45, 7) is 4.73. The van der Waals surface area contributed by atoms with Gasteiger partial charge >= 0.3 is 6.03 Å². The van der Waals surface area contributed by atoms with Crippen molar-refractivity contribution < 1.29 is 14.7 Å². The molecule has 152 valence electrons. The van der Waals surface area contributed by atoms with Crippen LogP contribution in [0.5, 0.6) is 0 Å². The first kappa shape index (κ1) is 23.1. The van der Waals surface area contributed by atoms with Crippen LogP contribution in [0.2, 0.25) is 0 Å². The molecule has 2 aliphatic heterocycles. The molecule has 0 bridgehead atoms. The van der Waals surface area contributed by atoms with E-state index in [1.165, 1.54) is 25.7 Å². The number of carbonyl (C=O) groups is 2. The molecule has 5 N–H and O–H groups in total. The predicted molar refractivity (Wildman–Crippen MR) is 108 cm³/mol. The Bertz CT molecular complexity index is 419. The number of urea groups is 1. The summed E-state index contributed by atoms with van der Waals surface area (Å²) in [5.74, 6) is 1.32. The highest BCUT2D eigenvalue weighted by molar-refractivity contribution is 8.00. The zero-order valence-electron chi connectivity index (χ0n) is 16.3. The average molecular weight is 388 g/mol. The third kappa shape index (κ3) is 8.62. The third-order valence-electron chi connectivity index (χ3n) is 5.15. The molecule has 2 fully saturated rings. The maximum Gasteiger partial charge on any atom is 0.315 e. The van der Waals surface area contributed by atoms with E-state index in [4.69, 9.17) is 10.8 Å². The molecule has 3 amide bonds. The van der Waals surface area contributed by atoms with Crippen molar-refractivity contribution in [2.45, 2.75) is 89.0 Å². The van der Waals surface area contributed by atoms with E-state index >= 15 is 0 Å². The molecular formula is C19H37N3O3S. The summed E-state index contributed by atoms with van der Waals surface area (Å²) in [7, 11) is 0. The van der Waals surface area contributed by atoms with Gasteiger partial charge in [-0.3, -0.25) is 4.79 Å². The van der Waals surface area contributed by atoms with Gasteiger partial charge in [-0.1, -0.05) is 46.0 Å². The number of fused-ring (bicyclic) bond motifs is 1. The molecule has 0 radical (unpaired) electrons. The van der Waals surface area contributed by atoms with Gasteiger partial charge in [-0.05, 0) is 25.2 Å². The summed E-state index contributed by atoms with van der Waals surface area (Å²) in [6.07, 6.45) is 9.58. The van der Waals surface area contributed by atoms with Gasteiger partial charge in [-0.2, -0.15) is 11.8 Å². The van der Waals surface area contributed by atoms with Crippen LogP contribution in [-0.2, 0) is 4.79 Å². The highest BCUT2D eigenvalue weighted by Gasteiger charge is 2.42. The number of hydrogen-bond acceptors (Lipinski definition) is 4. The van der Waals surface area contributed by atoms with Crippen LogP contribution < -0.4 is 16.4 Å². The Morgan fingerprint density at radius 2 is 2.04 bits per heavy atom. The van der Waals surface area contributed by atoms with Gasteiger partial charge in [0.25, 0.3) is 0 Å². The number of rotatable bonds is 11. The lowest BCUT2D eigenvalue weighted by Gasteiger charge is -2.16. The second-order valence-electron chi connectivity index (χ2n) is 7.29. The summed E-state index contributed by atoms with van der Waals surface area (Å²) < 4.78 is 0. The zero-order valence-corrected chi connectivity index (χ0v) is 17.2. The fourth-order valence-corrected chi connectivity index (χ4v) is 4.94. The Kier molecular flexibility index (Phi) is 11.8. The minimum absolute atomic E-state index is 0.0440. The molecule has 2 aliphatic rings. The first-order valence-corrected chi connectivity index (χ1v) is 11.1. The summed E-state index contributed by atoms with van der Waals surface area (Å²) in [4.78, 5) is 21.7. The van der Waals surface area contributed by atoms with Gasteiger partial charge in [0.05, 0.1) is 12.1 Å². The molecule has 0 spiro atoms. The Labute approximate surface area is 162 Å². The monoisotopic (exact) mass is 387 g/mol. The van der Waals surface area contributed by atoms with Gasteiger partial charge in [0.1, 0.15) is 0 Å². The highest BCUT2D eigenvalue weighted by Crippen LogP contribution is 2.33. The van der Waals surface area contributed by atoms with Crippen molar-refractivity contribution in [3.8, 4) is 0 Å². The standard InChI is InChI=1S/C10H17N3O2S.C9H20O/c11-8(14)4-2-1-3-7-9-6(5-16-7)12-10(15)13-9;1-3-5-6-7-9(4-2)8-10/h6-7,9H,1-5H2,(H2,11,14)(H2,12,13,15);9-10H,3-8H2,1-2H3. The number of nitrogens with two attached hydrogens (primary N) is 1. The molecule has 2 heterocycles. The quantitative estimate of drug-likeness (QED) is 0.323. The lowest BCUT2D eigenvalue weighted by atomic mass is 10.00. The molecule has 2 rings (SSSR count). The maximum absolute atomic E-state index is 11.1. The van der Waals surface area contributed by atoms with Crippen molar-refractivity contribution in [1.29, 1.82) is 0 Å². The van der Waals surface area contributed by atoms with Crippen LogP contribution in [0, 0.1) is 5.92 Å². The van der Waals surface area contributed by atoms with Gasteiger partial charge < -0.3 is 21.5 Å². The SMILES string of the molecule is CCCCCC(CC)CO.NC(=O)CCCCC1SCC2NC(=O)NC21. The minimum atomic E-state index is -0.229. The van der Waals surface area contributed by atoms with Crippen LogP contribution in [0.4, 0.5) is 4.79 Å². The predicted octanol–water partition coefficient (Wildman–Crippen LogP) is 2.78. The number of amides is 3. The largest absolute Gasteiger partial charge is 0.396 e. The summed E-state index contributed by atoms with van der Waals surface area (Å²) in [5.41, 5.74) is 5.08. The lowest BCUT2D eigenvalue weighted by molar-refractivity contribution is -0.118. The van der Waals surface area contributed by atoms with Crippen molar-refractivity contribution in [3.63, 3.8) is 0 Å². The van der Waals surface area contributed by atoms with Crippen LogP contribution in [0.1, 0.15) is 71.6 Å². The van der Waals surface area contributed by atoms with Crippen molar-refractivity contribution in [3.05, 3.63) is 0 Å². The van der Waals surface area contributed by atoms with E-state index in [9.17, 15) is 9.59 Å². The van der Waals surface area contributed by atoms with Gasteiger partial charge in [-0.15, -0.1) is 0 Å². The molecule has 0 aliphatic carbocycles. The van der Waals surface area contributed by atoms with E-state index in [0.29, 0.717) is 30.2 Å². The minimum Gasteiger partial charge on any atom is -0.396 e. The Morgan fingerprint density at radius 1 is 1.27 bits per heavy atom. The van der Waals surface area contributed by atoms with Crippen LogP contribution in [0.25, 0.3) is 0 Å². The number of primary amides is 1. The van der Waals surface area contributed by atoms with Gasteiger partial charge in [0, 0.05) is 24.0 Å². The summed E-state index contributed by atoms with van der Waals surface area (Å²) in [5, 5.41) is 15.2. The Morgan fingerprint density at radius 3 is 2.65 bits per heavy atom. The fourth-order valence-electron chi connectivity index (χ4n) is 3.40. The van der Waals surface area contributed by atoms with Gasteiger partial charge in [-0.25, -0.2) is 4.79 Å². The number of nitrogens with one attached hydrogen (secondary N) is 2. The molecule has 4 unspecified atom stereocenters. The molecule has 0 aromatic carbocycles. The first-order valence-electron chi connectivity index (χ1n) is 10.1. The third-order valence-corrected chi connectivity index (χ3v) is 6.66. The molecule has 0 aromatic rings. The molecular weight excluding hydrogens is 350 g/mol. The number of carbonyl (C=O) groups excluding carboxylic acids is 2. The van der Waals surface area contributed by atoms with Crippen molar-refractivity contribution in [2.75, 3.05) is 12.4 Å². The summed E-state index contributed by atoms with van der Waals surface area (Å²) in [6, 6.07) is 0.516. The van der Waals surface area contributed by atoms with Crippen molar-refractivity contribution in [1.82, 2.24) is 10.6 Å². The topological polar surface area (TPSA) is 104 Å². The second-order valence-corrected chi connectivity index (χ2v) is 8.56. The van der Waals surface area contributed by atoms with Crippen LogP contribution in [0.15, 0.2) is 0 Å². The first-order chi connectivity index (χ1) is 12.5. The van der Waals surface area contributed by atoms with Crippen LogP contribution in [0.3, 0.4) is 0 Å². The molecule has 2 saturated heterocycles. The zero-order chi connectivity index (χ0) is 19.4. The van der Waals surface area contributed by atoms with E-state index in [1.54, 1.807) is 0 Å². The highest BCUT2D eigenvalue weighted by atomic mass is 32.2. The molecule has 4 atom stereocenters. The van der Waals surface area contributed by atoms with Crippen LogP contribution in [-0.4, -0.2) is 46.7 Å². The number of aliphatic hydroxyl groups excluding tert-OH is 1. The van der Waals surface area contributed by atoms with Crippen molar-refractivity contribution >= 4 is 23.7 Å². The molecule has 26 heavy (non-hydrogen) atoms. The summed E-state index contributed by atoms with van der Waals surface area (Å²) >= 11 is 1.90. The fraction of sp³-hybridized carbons (Fsp3) is 0.895. The van der Waals surface area contributed by atoms with E-state index in [0.717, 1.165) is 31.4 Å². The van der Waals surface area contributed by atoms with Gasteiger partial charge in [0.15, 0.2) is 0 Å². The number of thioether (sulfide) groups is 1. The average Bonchev–Trinajstić information content (AvgIpc) is 3.16. The Hall–Kier alpha value is -0.950. The second kappa shape index (κ2) is 13.3. The number of aliphatic hydroxyl groups is 1. The maximum atomic E-state index is 11.1. The molecule has 0 aromatic heterocycles.